The van der Waals surface area contributed by atoms with Crippen LogP contribution in [0.2, 0.25) is 0 Å². The lowest BCUT2D eigenvalue weighted by atomic mass is 9.85. The van der Waals surface area contributed by atoms with E-state index in [2.05, 4.69) is 0 Å². The standard InChI is InChI=1S/C16H17ClN2O4S/c17-12-6-9-5-11(16(8-9)3-4-16)15(12)24-14-2-1-10(18(20)21)7-13(14)19(22)23/h1-2,7,9,11-12,15H,3-6,8H2/t9-,11+,12-,15-/m0/s1. The van der Waals surface area contributed by atoms with Crippen molar-refractivity contribution < 1.29 is 9.85 Å². The van der Waals surface area contributed by atoms with E-state index in [0.29, 0.717) is 22.1 Å². The molecule has 0 amide bonds. The number of fused-ring (bicyclic) bond motifs is 3. The third-order valence-corrected chi connectivity index (χ3v) is 8.01. The Bertz CT molecular complexity index is 724. The number of rotatable bonds is 4. The number of nitro benzene ring substituents is 2. The quantitative estimate of drug-likeness (QED) is 0.433. The SMILES string of the molecule is O=[N+]([O-])c1ccc(S[C@H]2[C@H]3C[C@@H](C[C@@H]2Cl)CC32CC2)c([N+](=O)[O-])c1. The van der Waals surface area contributed by atoms with Crippen molar-refractivity contribution >= 4 is 34.7 Å². The Hall–Kier alpha value is -1.34. The fourth-order valence-corrected chi connectivity index (χ4v) is 6.78. The Morgan fingerprint density at radius 3 is 2.54 bits per heavy atom. The minimum atomic E-state index is -0.604. The van der Waals surface area contributed by atoms with Gasteiger partial charge in [0.25, 0.3) is 11.4 Å². The number of hydrogen-bond donors (Lipinski definition) is 0. The molecule has 0 aromatic heterocycles. The first-order valence-electron chi connectivity index (χ1n) is 8.13. The van der Waals surface area contributed by atoms with Crippen LogP contribution in [-0.4, -0.2) is 20.5 Å². The van der Waals surface area contributed by atoms with Gasteiger partial charge in [-0.1, -0.05) is 0 Å². The normalized spacial score (nSPS) is 32.7. The van der Waals surface area contributed by atoms with E-state index in [1.807, 2.05) is 0 Å². The minimum absolute atomic E-state index is 0.00789. The number of benzene rings is 1. The Morgan fingerprint density at radius 2 is 1.92 bits per heavy atom. The average molecular weight is 369 g/mol. The van der Waals surface area contributed by atoms with Gasteiger partial charge in [0.1, 0.15) is 0 Å². The van der Waals surface area contributed by atoms with Crippen LogP contribution in [0.3, 0.4) is 0 Å². The van der Waals surface area contributed by atoms with E-state index in [9.17, 15) is 20.2 Å². The predicted molar refractivity (Wildman–Crippen MR) is 91.5 cm³/mol. The van der Waals surface area contributed by atoms with E-state index in [-0.39, 0.29) is 22.0 Å². The maximum Gasteiger partial charge on any atom is 0.289 e. The fraction of sp³-hybridized carbons (Fsp3) is 0.625. The van der Waals surface area contributed by atoms with Crippen molar-refractivity contribution in [2.75, 3.05) is 0 Å². The van der Waals surface area contributed by atoms with Crippen LogP contribution in [0.15, 0.2) is 23.1 Å². The van der Waals surface area contributed by atoms with Gasteiger partial charge in [-0.2, -0.15) is 0 Å². The van der Waals surface area contributed by atoms with Crippen molar-refractivity contribution in [2.45, 2.75) is 47.6 Å². The second-order valence-electron chi connectivity index (χ2n) is 7.28. The van der Waals surface area contributed by atoms with Gasteiger partial charge in [-0.3, -0.25) is 20.2 Å². The zero-order chi connectivity index (χ0) is 17.1. The molecule has 0 saturated heterocycles. The van der Waals surface area contributed by atoms with Crippen LogP contribution in [-0.2, 0) is 0 Å². The van der Waals surface area contributed by atoms with Crippen molar-refractivity contribution in [1.82, 2.24) is 0 Å². The zero-order valence-corrected chi connectivity index (χ0v) is 14.5. The van der Waals surface area contributed by atoms with Gasteiger partial charge in [0, 0.05) is 16.7 Å². The van der Waals surface area contributed by atoms with E-state index in [4.69, 9.17) is 11.6 Å². The topological polar surface area (TPSA) is 86.3 Å². The van der Waals surface area contributed by atoms with Gasteiger partial charge in [-0.25, -0.2) is 0 Å². The average Bonchev–Trinajstić information content (AvgIpc) is 3.22. The molecule has 0 N–H and O–H groups in total. The number of nitro groups is 2. The van der Waals surface area contributed by atoms with E-state index in [0.717, 1.165) is 12.5 Å². The maximum absolute atomic E-state index is 11.4. The number of hydrogen-bond acceptors (Lipinski definition) is 5. The molecule has 8 heteroatoms. The van der Waals surface area contributed by atoms with Gasteiger partial charge in [0.15, 0.2) is 0 Å². The second kappa shape index (κ2) is 5.59. The van der Waals surface area contributed by atoms with Crippen LogP contribution >= 0.6 is 23.4 Å². The number of nitrogens with zero attached hydrogens (tertiary/aromatic N) is 2. The molecule has 0 unspecified atom stereocenters. The Labute approximate surface area is 148 Å². The molecular weight excluding hydrogens is 352 g/mol. The number of halogens is 1. The lowest BCUT2D eigenvalue weighted by Gasteiger charge is -2.34. The third-order valence-electron chi connectivity index (χ3n) is 5.89. The van der Waals surface area contributed by atoms with Crippen LogP contribution in [0.1, 0.15) is 32.1 Å². The van der Waals surface area contributed by atoms with Gasteiger partial charge in [-0.05, 0) is 55.4 Å². The van der Waals surface area contributed by atoms with Gasteiger partial charge < -0.3 is 0 Å². The highest BCUT2D eigenvalue weighted by Crippen LogP contribution is 2.69. The number of non-ortho nitro benzene ring substituents is 1. The lowest BCUT2D eigenvalue weighted by Crippen LogP contribution is -2.33. The summed E-state index contributed by atoms with van der Waals surface area (Å²) in [5.41, 5.74) is -0.0265. The van der Waals surface area contributed by atoms with Gasteiger partial charge >= 0.3 is 0 Å². The van der Waals surface area contributed by atoms with Crippen LogP contribution < -0.4 is 0 Å². The van der Waals surface area contributed by atoms with Crippen molar-refractivity contribution in [3.8, 4) is 0 Å². The highest BCUT2D eigenvalue weighted by atomic mass is 35.5. The summed E-state index contributed by atoms with van der Waals surface area (Å²) in [5.74, 6) is 1.21. The predicted octanol–water partition coefficient (Wildman–Crippen LogP) is 4.78. The van der Waals surface area contributed by atoms with Gasteiger partial charge in [0.2, 0.25) is 0 Å². The molecule has 3 aliphatic rings. The molecule has 6 nitrogen and oxygen atoms in total. The van der Waals surface area contributed by atoms with Gasteiger partial charge in [0.05, 0.1) is 20.8 Å². The monoisotopic (exact) mass is 368 g/mol. The zero-order valence-electron chi connectivity index (χ0n) is 12.9. The molecule has 1 aromatic rings. The molecule has 3 aliphatic carbocycles. The summed E-state index contributed by atoms with van der Waals surface area (Å²) in [4.78, 5) is 21.6. The van der Waals surface area contributed by atoms with Crippen molar-refractivity contribution in [2.24, 2.45) is 17.3 Å². The first-order chi connectivity index (χ1) is 11.4. The summed E-state index contributed by atoms with van der Waals surface area (Å²) in [6.07, 6.45) is 5.88. The Morgan fingerprint density at radius 1 is 1.17 bits per heavy atom. The van der Waals surface area contributed by atoms with Crippen molar-refractivity contribution in [1.29, 1.82) is 0 Å². The highest BCUT2D eigenvalue weighted by molar-refractivity contribution is 8.00. The molecular formula is C16H17ClN2O4S. The molecule has 0 radical (unpaired) electrons. The van der Waals surface area contributed by atoms with E-state index < -0.39 is 9.85 Å². The van der Waals surface area contributed by atoms with Crippen LogP contribution in [0.25, 0.3) is 0 Å². The van der Waals surface area contributed by atoms with E-state index in [1.54, 1.807) is 0 Å². The van der Waals surface area contributed by atoms with E-state index in [1.165, 1.54) is 49.6 Å². The number of alkyl halides is 1. The maximum atomic E-state index is 11.4. The largest absolute Gasteiger partial charge is 0.289 e. The summed E-state index contributed by atoms with van der Waals surface area (Å²) in [6, 6.07) is 3.90. The molecule has 3 fully saturated rings. The Balaban J connectivity index is 1.64. The third kappa shape index (κ3) is 2.58. The first-order valence-corrected chi connectivity index (χ1v) is 9.45. The molecule has 24 heavy (non-hydrogen) atoms. The molecule has 2 bridgehead atoms. The molecule has 128 valence electrons. The fourth-order valence-electron chi connectivity index (χ4n) is 4.69. The number of thioether (sulfide) groups is 1. The lowest BCUT2D eigenvalue weighted by molar-refractivity contribution is -0.396. The molecule has 0 heterocycles. The summed E-state index contributed by atoms with van der Waals surface area (Å²) in [6.45, 7) is 0. The molecule has 4 atom stereocenters. The highest BCUT2D eigenvalue weighted by Gasteiger charge is 2.61. The summed E-state index contributed by atoms with van der Waals surface area (Å²) in [7, 11) is 0. The van der Waals surface area contributed by atoms with Crippen LogP contribution in [0.4, 0.5) is 11.4 Å². The molecule has 0 aliphatic heterocycles. The van der Waals surface area contributed by atoms with Gasteiger partial charge in [-0.15, -0.1) is 23.4 Å². The second-order valence-corrected chi connectivity index (χ2v) is 9.06. The van der Waals surface area contributed by atoms with Crippen molar-refractivity contribution in [3.63, 3.8) is 0 Å². The van der Waals surface area contributed by atoms with Crippen LogP contribution in [0, 0.1) is 37.5 Å². The molecule has 4 rings (SSSR count). The van der Waals surface area contributed by atoms with Crippen LogP contribution in [0.5, 0.6) is 0 Å². The summed E-state index contributed by atoms with van der Waals surface area (Å²) in [5, 5.41) is 22.4. The first kappa shape index (κ1) is 16.1. The summed E-state index contributed by atoms with van der Waals surface area (Å²) < 4.78 is 0. The van der Waals surface area contributed by atoms with E-state index >= 15 is 0 Å². The van der Waals surface area contributed by atoms with Crippen molar-refractivity contribution in [3.05, 3.63) is 38.4 Å². The minimum Gasteiger partial charge on any atom is -0.258 e. The summed E-state index contributed by atoms with van der Waals surface area (Å²) >= 11 is 8.09. The molecule has 1 aromatic carbocycles. The smallest absolute Gasteiger partial charge is 0.258 e. The molecule has 1 spiro atoms. The Kier molecular flexibility index (Phi) is 3.76. The molecule has 3 saturated carbocycles.